The Bertz CT molecular complexity index is 568. The van der Waals surface area contributed by atoms with E-state index in [0.717, 1.165) is 17.3 Å². The second-order valence-electron chi connectivity index (χ2n) is 4.78. The van der Waals surface area contributed by atoms with Gasteiger partial charge in [0.2, 0.25) is 0 Å². The average molecular weight is 257 g/mol. The van der Waals surface area contributed by atoms with E-state index in [-0.39, 0.29) is 5.91 Å². The predicted octanol–water partition coefficient (Wildman–Crippen LogP) is 1.95. The number of hydrogen-bond acceptors (Lipinski definition) is 3. The molecule has 0 saturated carbocycles. The Hall–Kier alpha value is -1.94. The highest BCUT2D eigenvalue weighted by Crippen LogP contribution is 2.11. The first-order valence-corrected chi connectivity index (χ1v) is 6.55. The number of hydrogen-bond donors (Lipinski definition) is 2. The lowest BCUT2D eigenvalue weighted by Gasteiger charge is -2.11. The molecule has 0 fully saturated rings. The van der Waals surface area contributed by atoms with Crippen LogP contribution in [0.4, 0.5) is 0 Å². The largest absolute Gasteiger partial charge is 0.350 e. The van der Waals surface area contributed by atoms with Gasteiger partial charge in [-0.1, -0.05) is 31.2 Å². The standard InChI is InChI=1S/C15H19N3O/c1-11(8-9-16)10-17-15(19)14-7-6-12-4-2-3-5-13(12)18-14/h2-7,11H,8-10,16H2,1H3,(H,17,19). The number of rotatable bonds is 5. The third-order valence-corrected chi connectivity index (χ3v) is 3.10. The van der Waals surface area contributed by atoms with Crippen molar-refractivity contribution < 1.29 is 4.79 Å². The summed E-state index contributed by atoms with van der Waals surface area (Å²) in [5, 5.41) is 3.93. The van der Waals surface area contributed by atoms with Crippen molar-refractivity contribution in [3.05, 3.63) is 42.1 Å². The quantitative estimate of drug-likeness (QED) is 0.860. The summed E-state index contributed by atoms with van der Waals surface area (Å²) in [5.41, 5.74) is 6.78. The minimum atomic E-state index is -0.130. The number of carbonyl (C=O) groups is 1. The number of nitrogens with two attached hydrogens (primary N) is 1. The summed E-state index contributed by atoms with van der Waals surface area (Å²) in [6, 6.07) is 11.4. The van der Waals surface area contributed by atoms with E-state index < -0.39 is 0 Å². The Kier molecular flexibility index (Phi) is 4.47. The van der Waals surface area contributed by atoms with Crippen LogP contribution in [0.15, 0.2) is 36.4 Å². The van der Waals surface area contributed by atoms with Gasteiger partial charge in [0.25, 0.3) is 5.91 Å². The molecule has 1 unspecified atom stereocenters. The number of amides is 1. The fourth-order valence-electron chi connectivity index (χ4n) is 1.94. The molecule has 1 aromatic carbocycles. The smallest absolute Gasteiger partial charge is 0.269 e. The monoisotopic (exact) mass is 257 g/mol. The molecular weight excluding hydrogens is 238 g/mol. The van der Waals surface area contributed by atoms with E-state index in [9.17, 15) is 4.79 Å². The first-order chi connectivity index (χ1) is 9.20. The van der Waals surface area contributed by atoms with Gasteiger partial charge < -0.3 is 11.1 Å². The molecule has 1 heterocycles. The van der Waals surface area contributed by atoms with Crippen LogP contribution in [-0.4, -0.2) is 24.0 Å². The van der Waals surface area contributed by atoms with E-state index in [1.54, 1.807) is 6.07 Å². The summed E-state index contributed by atoms with van der Waals surface area (Å²) in [4.78, 5) is 16.4. The van der Waals surface area contributed by atoms with Gasteiger partial charge in [0, 0.05) is 11.9 Å². The van der Waals surface area contributed by atoms with Crippen LogP contribution in [0.3, 0.4) is 0 Å². The Labute approximate surface area is 113 Å². The van der Waals surface area contributed by atoms with Crippen molar-refractivity contribution >= 4 is 16.8 Å². The molecule has 2 rings (SSSR count). The number of benzene rings is 1. The summed E-state index contributed by atoms with van der Waals surface area (Å²) in [6.45, 7) is 3.34. The van der Waals surface area contributed by atoms with Crippen LogP contribution in [0.25, 0.3) is 10.9 Å². The van der Waals surface area contributed by atoms with Crippen LogP contribution >= 0.6 is 0 Å². The molecule has 4 nitrogen and oxygen atoms in total. The minimum absolute atomic E-state index is 0.130. The number of para-hydroxylation sites is 1. The van der Waals surface area contributed by atoms with Crippen LogP contribution in [-0.2, 0) is 0 Å². The van der Waals surface area contributed by atoms with Crippen LogP contribution < -0.4 is 11.1 Å². The van der Waals surface area contributed by atoms with Crippen LogP contribution in [0.1, 0.15) is 23.8 Å². The highest BCUT2D eigenvalue weighted by atomic mass is 16.1. The van der Waals surface area contributed by atoms with E-state index in [1.807, 2.05) is 30.3 Å². The van der Waals surface area contributed by atoms with Gasteiger partial charge in [0.1, 0.15) is 5.69 Å². The molecule has 1 atom stereocenters. The summed E-state index contributed by atoms with van der Waals surface area (Å²) >= 11 is 0. The molecule has 0 saturated heterocycles. The molecule has 19 heavy (non-hydrogen) atoms. The summed E-state index contributed by atoms with van der Waals surface area (Å²) in [7, 11) is 0. The van der Waals surface area contributed by atoms with E-state index in [2.05, 4.69) is 17.2 Å². The predicted molar refractivity (Wildman–Crippen MR) is 76.9 cm³/mol. The van der Waals surface area contributed by atoms with Gasteiger partial charge in [0.05, 0.1) is 5.52 Å². The third kappa shape index (κ3) is 3.51. The molecule has 3 N–H and O–H groups in total. The maximum atomic E-state index is 12.0. The van der Waals surface area contributed by atoms with Crippen molar-refractivity contribution in [2.24, 2.45) is 11.7 Å². The molecule has 0 bridgehead atoms. The van der Waals surface area contributed by atoms with Gasteiger partial charge in [-0.2, -0.15) is 0 Å². The SMILES string of the molecule is CC(CCN)CNC(=O)c1ccc2ccccc2n1. The van der Waals surface area contributed by atoms with E-state index in [4.69, 9.17) is 5.73 Å². The van der Waals surface area contributed by atoms with Gasteiger partial charge in [-0.15, -0.1) is 0 Å². The fourth-order valence-corrected chi connectivity index (χ4v) is 1.94. The topological polar surface area (TPSA) is 68.0 Å². The lowest BCUT2D eigenvalue weighted by molar-refractivity contribution is 0.0943. The number of fused-ring (bicyclic) bond motifs is 1. The van der Waals surface area contributed by atoms with Gasteiger partial charge in [-0.05, 0) is 31.0 Å². The van der Waals surface area contributed by atoms with E-state index in [1.165, 1.54) is 0 Å². The molecule has 1 amide bonds. The van der Waals surface area contributed by atoms with Crippen molar-refractivity contribution in [1.82, 2.24) is 10.3 Å². The Morgan fingerprint density at radius 1 is 1.32 bits per heavy atom. The van der Waals surface area contributed by atoms with Gasteiger partial charge in [0.15, 0.2) is 0 Å². The zero-order valence-electron chi connectivity index (χ0n) is 11.1. The maximum absolute atomic E-state index is 12.0. The molecule has 1 aromatic heterocycles. The fraction of sp³-hybridized carbons (Fsp3) is 0.333. The first kappa shape index (κ1) is 13.5. The summed E-state index contributed by atoms with van der Waals surface area (Å²) in [6.07, 6.45) is 0.908. The molecule has 0 aliphatic rings. The van der Waals surface area contributed by atoms with Gasteiger partial charge in [-0.3, -0.25) is 4.79 Å². The lowest BCUT2D eigenvalue weighted by Crippen LogP contribution is -2.29. The Morgan fingerprint density at radius 3 is 2.89 bits per heavy atom. The summed E-state index contributed by atoms with van der Waals surface area (Å²) in [5.74, 6) is 0.254. The van der Waals surface area contributed by atoms with E-state index >= 15 is 0 Å². The second kappa shape index (κ2) is 6.29. The zero-order chi connectivity index (χ0) is 13.7. The number of aromatic nitrogens is 1. The highest BCUT2D eigenvalue weighted by Gasteiger charge is 2.09. The minimum Gasteiger partial charge on any atom is -0.350 e. The number of nitrogens with one attached hydrogen (secondary N) is 1. The Balaban J connectivity index is 2.05. The van der Waals surface area contributed by atoms with Crippen molar-refractivity contribution in [1.29, 1.82) is 0 Å². The average Bonchev–Trinajstić information content (AvgIpc) is 2.44. The van der Waals surface area contributed by atoms with Crippen molar-refractivity contribution in [3.8, 4) is 0 Å². The van der Waals surface area contributed by atoms with Crippen LogP contribution in [0.2, 0.25) is 0 Å². The summed E-state index contributed by atoms with van der Waals surface area (Å²) < 4.78 is 0. The van der Waals surface area contributed by atoms with Crippen molar-refractivity contribution in [2.45, 2.75) is 13.3 Å². The molecule has 0 radical (unpaired) electrons. The number of carbonyl (C=O) groups excluding carboxylic acids is 1. The molecule has 0 aliphatic carbocycles. The molecule has 0 aliphatic heterocycles. The molecule has 100 valence electrons. The zero-order valence-corrected chi connectivity index (χ0v) is 11.1. The Morgan fingerprint density at radius 2 is 2.11 bits per heavy atom. The molecule has 2 aromatic rings. The first-order valence-electron chi connectivity index (χ1n) is 6.55. The second-order valence-corrected chi connectivity index (χ2v) is 4.78. The van der Waals surface area contributed by atoms with Gasteiger partial charge in [-0.25, -0.2) is 4.98 Å². The van der Waals surface area contributed by atoms with Crippen molar-refractivity contribution in [3.63, 3.8) is 0 Å². The van der Waals surface area contributed by atoms with Gasteiger partial charge >= 0.3 is 0 Å². The van der Waals surface area contributed by atoms with E-state index in [0.29, 0.717) is 24.7 Å². The third-order valence-electron chi connectivity index (χ3n) is 3.10. The normalized spacial score (nSPS) is 12.3. The maximum Gasteiger partial charge on any atom is 0.269 e. The lowest BCUT2D eigenvalue weighted by atomic mass is 10.1. The molecule has 0 spiro atoms. The van der Waals surface area contributed by atoms with Crippen molar-refractivity contribution in [2.75, 3.05) is 13.1 Å². The molecular formula is C15H19N3O. The number of pyridine rings is 1. The van der Waals surface area contributed by atoms with Crippen LogP contribution in [0, 0.1) is 5.92 Å². The molecule has 4 heteroatoms. The number of nitrogens with zero attached hydrogens (tertiary/aromatic N) is 1. The highest BCUT2D eigenvalue weighted by molar-refractivity contribution is 5.94. The van der Waals surface area contributed by atoms with Crippen LogP contribution in [0.5, 0.6) is 0 Å².